The maximum Gasteiger partial charge on any atom is 0.0490 e. The minimum absolute atomic E-state index is 0.846. The summed E-state index contributed by atoms with van der Waals surface area (Å²) in [6.45, 7) is 8.11. The van der Waals surface area contributed by atoms with Crippen LogP contribution in [0.4, 0.5) is 0 Å². The Balaban J connectivity index is 2.19. The second-order valence-electron chi connectivity index (χ2n) is 6.18. The van der Waals surface area contributed by atoms with Crippen LogP contribution < -0.4 is 0 Å². The van der Waals surface area contributed by atoms with Crippen molar-refractivity contribution in [1.29, 1.82) is 0 Å². The highest BCUT2D eigenvalue weighted by Gasteiger charge is 2.24. The zero-order valence-electron chi connectivity index (χ0n) is 11.7. The lowest BCUT2D eigenvalue weighted by molar-refractivity contribution is 0.106. The Bertz CT molecular complexity index is 168. The van der Waals surface area contributed by atoms with E-state index in [1.54, 1.807) is 0 Å². The first-order valence-corrected chi connectivity index (χ1v) is 7.12. The van der Waals surface area contributed by atoms with E-state index in [2.05, 4.69) is 20.8 Å². The van der Waals surface area contributed by atoms with Gasteiger partial charge in [-0.25, -0.2) is 0 Å². The smallest absolute Gasteiger partial charge is 0.0490 e. The Morgan fingerprint density at radius 2 is 1.62 bits per heavy atom. The molecule has 0 amide bonds. The van der Waals surface area contributed by atoms with Crippen molar-refractivity contribution in [1.82, 2.24) is 0 Å². The molecule has 0 aromatic carbocycles. The van der Waals surface area contributed by atoms with Gasteiger partial charge in [0.1, 0.15) is 0 Å². The lowest BCUT2D eigenvalue weighted by atomic mass is 9.75. The third-order valence-electron chi connectivity index (χ3n) is 4.30. The molecule has 0 N–H and O–H groups in total. The van der Waals surface area contributed by atoms with Crippen LogP contribution in [0, 0.1) is 23.7 Å². The molecule has 16 heavy (non-hydrogen) atoms. The fraction of sp³-hybridized carbons (Fsp3) is 1.00. The van der Waals surface area contributed by atoms with E-state index >= 15 is 0 Å². The molecule has 1 rings (SSSR count). The summed E-state index contributed by atoms with van der Waals surface area (Å²) in [5.41, 5.74) is 0. The van der Waals surface area contributed by atoms with Crippen LogP contribution in [0.15, 0.2) is 0 Å². The standard InChI is InChI=1S/C15H30O/c1-12(2)5-6-13(3)15-9-7-14(8-10-15)11-16-4/h12-15H,5-11H2,1-4H3. The zero-order chi connectivity index (χ0) is 12.0. The van der Waals surface area contributed by atoms with Gasteiger partial charge in [-0.2, -0.15) is 0 Å². The van der Waals surface area contributed by atoms with Gasteiger partial charge >= 0.3 is 0 Å². The van der Waals surface area contributed by atoms with E-state index in [0.29, 0.717) is 0 Å². The second kappa shape index (κ2) is 7.32. The Morgan fingerprint density at radius 1 is 1.00 bits per heavy atom. The molecule has 1 fully saturated rings. The van der Waals surface area contributed by atoms with E-state index < -0.39 is 0 Å². The van der Waals surface area contributed by atoms with Gasteiger partial charge in [-0.15, -0.1) is 0 Å². The molecule has 0 aromatic rings. The van der Waals surface area contributed by atoms with E-state index in [-0.39, 0.29) is 0 Å². The molecule has 1 saturated carbocycles. The minimum Gasteiger partial charge on any atom is -0.384 e. The summed E-state index contributed by atoms with van der Waals surface area (Å²) in [4.78, 5) is 0. The number of hydrogen-bond donors (Lipinski definition) is 0. The van der Waals surface area contributed by atoms with E-state index in [1.165, 1.54) is 38.5 Å². The summed E-state index contributed by atoms with van der Waals surface area (Å²) in [5, 5.41) is 0. The van der Waals surface area contributed by atoms with E-state index in [4.69, 9.17) is 4.74 Å². The van der Waals surface area contributed by atoms with Gasteiger partial charge in [0.15, 0.2) is 0 Å². The van der Waals surface area contributed by atoms with E-state index in [0.717, 1.165) is 30.3 Å². The molecule has 0 spiro atoms. The monoisotopic (exact) mass is 226 g/mol. The minimum atomic E-state index is 0.846. The van der Waals surface area contributed by atoms with Crippen LogP contribution in [0.5, 0.6) is 0 Å². The van der Waals surface area contributed by atoms with Crippen LogP contribution in [0.1, 0.15) is 59.3 Å². The summed E-state index contributed by atoms with van der Waals surface area (Å²) in [6, 6.07) is 0. The molecule has 96 valence electrons. The summed E-state index contributed by atoms with van der Waals surface area (Å²) >= 11 is 0. The molecule has 0 bridgehead atoms. The van der Waals surface area contributed by atoms with Gasteiger partial charge in [-0.05, 0) is 49.4 Å². The SMILES string of the molecule is COCC1CCC(C(C)CCC(C)C)CC1. The van der Waals surface area contributed by atoms with Crippen LogP contribution in [0.25, 0.3) is 0 Å². The molecule has 1 nitrogen and oxygen atoms in total. The maximum atomic E-state index is 5.26. The molecular formula is C15H30O. The number of methoxy groups -OCH3 is 1. The Labute approximate surface area is 102 Å². The maximum absolute atomic E-state index is 5.26. The van der Waals surface area contributed by atoms with Crippen LogP contribution in [-0.4, -0.2) is 13.7 Å². The first-order chi connectivity index (χ1) is 7.63. The number of ether oxygens (including phenoxy) is 1. The van der Waals surface area contributed by atoms with Crippen molar-refractivity contribution >= 4 is 0 Å². The van der Waals surface area contributed by atoms with Crippen molar-refractivity contribution in [2.75, 3.05) is 13.7 Å². The third-order valence-corrected chi connectivity index (χ3v) is 4.30. The van der Waals surface area contributed by atoms with Crippen molar-refractivity contribution in [2.45, 2.75) is 59.3 Å². The molecule has 1 atom stereocenters. The first-order valence-electron chi connectivity index (χ1n) is 7.12. The summed E-state index contributed by atoms with van der Waals surface area (Å²) in [5.74, 6) is 3.64. The molecule has 1 unspecified atom stereocenters. The predicted octanol–water partition coefficient (Wildman–Crippen LogP) is 4.51. The third kappa shape index (κ3) is 4.86. The average molecular weight is 226 g/mol. The van der Waals surface area contributed by atoms with Gasteiger partial charge in [0, 0.05) is 13.7 Å². The molecule has 1 aliphatic rings. The average Bonchev–Trinajstić information content (AvgIpc) is 2.27. The van der Waals surface area contributed by atoms with E-state index in [1.807, 2.05) is 7.11 Å². The molecular weight excluding hydrogens is 196 g/mol. The van der Waals surface area contributed by atoms with Crippen molar-refractivity contribution in [3.8, 4) is 0 Å². The predicted molar refractivity (Wildman–Crippen MR) is 70.6 cm³/mol. The Hall–Kier alpha value is -0.0400. The van der Waals surface area contributed by atoms with Crippen LogP contribution in [0.2, 0.25) is 0 Å². The van der Waals surface area contributed by atoms with Gasteiger partial charge < -0.3 is 4.74 Å². The van der Waals surface area contributed by atoms with Crippen molar-refractivity contribution < 1.29 is 4.74 Å². The van der Waals surface area contributed by atoms with Gasteiger partial charge in [0.2, 0.25) is 0 Å². The zero-order valence-corrected chi connectivity index (χ0v) is 11.7. The molecule has 1 heteroatoms. The molecule has 0 aromatic heterocycles. The van der Waals surface area contributed by atoms with Gasteiger partial charge in [-0.3, -0.25) is 0 Å². The quantitative estimate of drug-likeness (QED) is 0.647. The molecule has 0 heterocycles. The summed E-state index contributed by atoms with van der Waals surface area (Å²) in [7, 11) is 1.83. The van der Waals surface area contributed by atoms with Crippen LogP contribution >= 0.6 is 0 Å². The number of rotatable bonds is 6. The lowest BCUT2D eigenvalue weighted by Gasteiger charge is -2.32. The van der Waals surface area contributed by atoms with Gasteiger partial charge in [-0.1, -0.05) is 33.6 Å². The molecule has 0 aliphatic heterocycles. The second-order valence-corrected chi connectivity index (χ2v) is 6.18. The highest BCUT2D eigenvalue weighted by molar-refractivity contribution is 4.76. The lowest BCUT2D eigenvalue weighted by Crippen LogP contribution is -2.22. The van der Waals surface area contributed by atoms with Crippen molar-refractivity contribution in [3.05, 3.63) is 0 Å². The van der Waals surface area contributed by atoms with Crippen LogP contribution in [-0.2, 0) is 4.74 Å². The fourth-order valence-corrected chi connectivity index (χ4v) is 2.99. The normalized spacial score (nSPS) is 28.3. The summed E-state index contributed by atoms with van der Waals surface area (Å²) < 4.78 is 5.26. The van der Waals surface area contributed by atoms with Crippen molar-refractivity contribution in [3.63, 3.8) is 0 Å². The first kappa shape index (κ1) is 14.0. The van der Waals surface area contributed by atoms with Crippen molar-refractivity contribution in [2.24, 2.45) is 23.7 Å². The summed E-state index contributed by atoms with van der Waals surface area (Å²) in [6.07, 6.45) is 8.49. The van der Waals surface area contributed by atoms with Gasteiger partial charge in [0.25, 0.3) is 0 Å². The molecule has 0 saturated heterocycles. The highest BCUT2D eigenvalue weighted by atomic mass is 16.5. The Morgan fingerprint density at radius 3 is 2.12 bits per heavy atom. The fourth-order valence-electron chi connectivity index (χ4n) is 2.99. The topological polar surface area (TPSA) is 9.23 Å². The van der Waals surface area contributed by atoms with E-state index in [9.17, 15) is 0 Å². The largest absolute Gasteiger partial charge is 0.384 e. The highest BCUT2D eigenvalue weighted by Crippen LogP contribution is 2.35. The molecule has 1 aliphatic carbocycles. The van der Waals surface area contributed by atoms with Crippen LogP contribution in [0.3, 0.4) is 0 Å². The Kier molecular flexibility index (Phi) is 6.41. The van der Waals surface area contributed by atoms with Gasteiger partial charge in [0.05, 0.1) is 0 Å². The molecule has 0 radical (unpaired) electrons. The number of hydrogen-bond acceptors (Lipinski definition) is 1.